The van der Waals surface area contributed by atoms with Crippen LogP contribution in [0.1, 0.15) is 27.4 Å². The molecule has 0 amide bonds. The topological polar surface area (TPSA) is 57.6 Å². The first-order valence-electron chi connectivity index (χ1n) is 5.21. The Morgan fingerprint density at radius 2 is 2.06 bits per heavy atom. The minimum atomic E-state index is -0.870. The zero-order valence-electron chi connectivity index (χ0n) is 8.81. The van der Waals surface area contributed by atoms with Crippen LogP contribution in [0.5, 0.6) is 0 Å². The van der Waals surface area contributed by atoms with E-state index >= 15 is 0 Å². The highest BCUT2D eigenvalue weighted by Gasteiger charge is 2.17. The molecule has 1 fully saturated rings. The molecule has 1 saturated heterocycles. The summed E-state index contributed by atoms with van der Waals surface area (Å²) in [7, 11) is 0. The normalized spacial score (nSPS) is 17.6. The van der Waals surface area contributed by atoms with Gasteiger partial charge in [-0.1, -0.05) is 0 Å². The lowest BCUT2D eigenvalue weighted by Crippen LogP contribution is -2.32. The van der Waals surface area contributed by atoms with Crippen molar-refractivity contribution in [2.75, 3.05) is 13.1 Å². The summed E-state index contributed by atoms with van der Waals surface area (Å²) in [6.07, 6.45) is 1.24. The predicted octanol–water partition coefficient (Wildman–Crippen LogP) is 1.61. The van der Waals surface area contributed by atoms with Gasteiger partial charge in [-0.3, -0.25) is 9.69 Å². The average molecular weight is 239 g/mol. The molecule has 2 heterocycles. The summed E-state index contributed by atoms with van der Waals surface area (Å²) in [5.41, 5.74) is 0. The van der Waals surface area contributed by atoms with E-state index < -0.39 is 5.97 Å². The summed E-state index contributed by atoms with van der Waals surface area (Å²) in [6.45, 7) is 2.34. The molecular weight excluding hydrogens is 226 g/mol. The number of carbonyl (C=O) groups is 2. The minimum Gasteiger partial charge on any atom is -0.477 e. The van der Waals surface area contributed by atoms with Gasteiger partial charge in [0.1, 0.15) is 10.7 Å². The molecule has 4 nitrogen and oxygen atoms in total. The molecule has 0 radical (unpaired) electrons. The maximum absolute atomic E-state index is 11.1. The van der Waals surface area contributed by atoms with Crippen molar-refractivity contribution >= 4 is 23.1 Å². The van der Waals surface area contributed by atoms with Gasteiger partial charge in [-0.25, -0.2) is 4.79 Å². The second-order valence-electron chi connectivity index (χ2n) is 3.89. The number of Topliss-reactive ketones (excluding diaryl/α,β-unsaturated/α-hetero) is 1. The Bertz CT molecular complexity index is 403. The highest BCUT2D eigenvalue weighted by Crippen LogP contribution is 2.19. The van der Waals surface area contributed by atoms with Crippen molar-refractivity contribution in [2.24, 2.45) is 0 Å². The van der Waals surface area contributed by atoms with Gasteiger partial charge in [-0.15, -0.1) is 11.3 Å². The van der Waals surface area contributed by atoms with E-state index in [1.807, 2.05) is 6.07 Å². The summed E-state index contributed by atoms with van der Waals surface area (Å²) in [5.74, 6) is -0.543. The van der Waals surface area contributed by atoms with Gasteiger partial charge in [0, 0.05) is 37.4 Å². The number of aromatic carboxylic acids is 1. The Kier molecular flexibility index (Phi) is 3.36. The number of thiophene rings is 1. The van der Waals surface area contributed by atoms with Crippen LogP contribution in [0.3, 0.4) is 0 Å². The van der Waals surface area contributed by atoms with E-state index in [1.54, 1.807) is 6.07 Å². The number of ketones is 1. The molecule has 1 aromatic heterocycles. The maximum atomic E-state index is 11.1. The van der Waals surface area contributed by atoms with Crippen LogP contribution in [-0.4, -0.2) is 34.8 Å². The molecule has 0 aliphatic carbocycles. The summed E-state index contributed by atoms with van der Waals surface area (Å²) >= 11 is 1.31. The Balaban J connectivity index is 1.93. The predicted molar refractivity (Wildman–Crippen MR) is 60.8 cm³/mol. The van der Waals surface area contributed by atoms with Crippen molar-refractivity contribution in [3.63, 3.8) is 0 Å². The van der Waals surface area contributed by atoms with Crippen LogP contribution in [0.4, 0.5) is 0 Å². The van der Waals surface area contributed by atoms with Gasteiger partial charge in [0.05, 0.1) is 0 Å². The maximum Gasteiger partial charge on any atom is 0.345 e. The van der Waals surface area contributed by atoms with Crippen molar-refractivity contribution in [1.82, 2.24) is 4.90 Å². The standard InChI is InChI=1S/C11H13NO3S/c13-8-3-5-12(6-4-8)7-9-1-2-10(16-9)11(14)15/h1-2H,3-7H2,(H,14,15). The number of nitrogens with zero attached hydrogens (tertiary/aromatic N) is 1. The number of hydrogen-bond donors (Lipinski definition) is 1. The lowest BCUT2D eigenvalue weighted by atomic mass is 10.1. The molecule has 1 aromatic rings. The largest absolute Gasteiger partial charge is 0.477 e. The molecule has 1 aliphatic heterocycles. The lowest BCUT2D eigenvalue weighted by molar-refractivity contribution is -0.121. The smallest absolute Gasteiger partial charge is 0.345 e. The van der Waals surface area contributed by atoms with Crippen LogP contribution in [0, 0.1) is 0 Å². The van der Waals surface area contributed by atoms with Crippen LogP contribution in [-0.2, 0) is 11.3 Å². The van der Waals surface area contributed by atoms with Crippen molar-refractivity contribution in [1.29, 1.82) is 0 Å². The number of hydrogen-bond acceptors (Lipinski definition) is 4. The number of carbonyl (C=O) groups excluding carboxylic acids is 1. The molecule has 2 rings (SSSR count). The molecule has 0 bridgehead atoms. The van der Waals surface area contributed by atoms with Crippen LogP contribution >= 0.6 is 11.3 Å². The molecule has 0 spiro atoms. The third kappa shape index (κ3) is 2.68. The second kappa shape index (κ2) is 4.76. The Morgan fingerprint density at radius 3 is 2.62 bits per heavy atom. The van der Waals surface area contributed by atoms with Gasteiger partial charge in [0.2, 0.25) is 0 Å². The first-order chi connectivity index (χ1) is 7.65. The van der Waals surface area contributed by atoms with Crippen molar-refractivity contribution in [3.05, 3.63) is 21.9 Å². The molecule has 0 atom stereocenters. The second-order valence-corrected chi connectivity index (χ2v) is 5.05. The molecular formula is C11H13NO3S. The number of likely N-dealkylation sites (tertiary alicyclic amines) is 1. The summed E-state index contributed by atoms with van der Waals surface area (Å²) in [6, 6.07) is 3.49. The summed E-state index contributed by atoms with van der Waals surface area (Å²) in [5, 5.41) is 8.79. The number of carboxylic acids is 1. The van der Waals surface area contributed by atoms with Gasteiger partial charge >= 0.3 is 5.97 Å². The third-order valence-corrected chi connectivity index (χ3v) is 3.72. The van der Waals surface area contributed by atoms with E-state index in [0.29, 0.717) is 23.5 Å². The van der Waals surface area contributed by atoms with Gasteiger partial charge in [-0.05, 0) is 12.1 Å². The molecule has 0 aromatic carbocycles. The van der Waals surface area contributed by atoms with E-state index in [2.05, 4.69) is 4.90 Å². The Morgan fingerprint density at radius 1 is 1.38 bits per heavy atom. The molecule has 0 saturated carbocycles. The highest BCUT2D eigenvalue weighted by molar-refractivity contribution is 7.13. The molecule has 0 unspecified atom stereocenters. The van der Waals surface area contributed by atoms with E-state index in [4.69, 9.17) is 5.11 Å². The van der Waals surface area contributed by atoms with Gasteiger partial charge < -0.3 is 5.11 Å². The van der Waals surface area contributed by atoms with Gasteiger partial charge in [0.15, 0.2) is 0 Å². The highest BCUT2D eigenvalue weighted by atomic mass is 32.1. The van der Waals surface area contributed by atoms with Crippen LogP contribution in [0.2, 0.25) is 0 Å². The summed E-state index contributed by atoms with van der Waals surface area (Å²) < 4.78 is 0. The molecule has 86 valence electrons. The van der Waals surface area contributed by atoms with Crippen LogP contribution in [0.15, 0.2) is 12.1 Å². The first-order valence-corrected chi connectivity index (χ1v) is 6.03. The quantitative estimate of drug-likeness (QED) is 0.870. The fourth-order valence-corrected chi connectivity index (χ4v) is 2.65. The number of carboxylic acid groups (broad SMARTS) is 1. The SMILES string of the molecule is O=C1CCN(Cc2ccc(C(=O)O)s2)CC1. The van der Waals surface area contributed by atoms with Gasteiger partial charge in [0.25, 0.3) is 0 Å². The fraction of sp³-hybridized carbons (Fsp3) is 0.455. The number of rotatable bonds is 3. The molecule has 5 heteroatoms. The molecule has 16 heavy (non-hydrogen) atoms. The van der Waals surface area contributed by atoms with Crippen molar-refractivity contribution < 1.29 is 14.7 Å². The van der Waals surface area contributed by atoms with Crippen molar-refractivity contribution in [3.8, 4) is 0 Å². The fourth-order valence-electron chi connectivity index (χ4n) is 1.76. The van der Waals surface area contributed by atoms with Crippen molar-refractivity contribution in [2.45, 2.75) is 19.4 Å². The van der Waals surface area contributed by atoms with Crippen LogP contribution in [0.25, 0.3) is 0 Å². The minimum absolute atomic E-state index is 0.327. The Labute approximate surface area is 97.5 Å². The zero-order valence-corrected chi connectivity index (χ0v) is 9.63. The monoisotopic (exact) mass is 239 g/mol. The average Bonchev–Trinajstić information content (AvgIpc) is 2.70. The lowest BCUT2D eigenvalue weighted by Gasteiger charge is -2.24. The van der Waals surface area contributed by atoms with Crippen LogP contribution < -0.4 is 0 Å². The van der Waals surface area contributed by atoms with E-state index in [9.17, 15) is 9.59 Å². The molecule has 1 aliphatic rings. The zero-order chi connectivity index (χ0) is 11.5. The van der Waals surface area contributed by atoms with E-state index in [-0.39, 0.29) is 0 Å². The van der Waals surface area contributed by atoms with E-state index in [0.717, 1.165) is 24.5 Å². The summed E-state index contributed by atoms with van der Waals surface area (Å²) in [4.78, 5) is 25.4. The van der Waals surface area contributed by atoms with Gasteiger partial charge in [-0.2, -0.15) is 0 Å². The number of piperidine rings is 1. The Hall–Kier alpha value is -1.20. The third-order valence-electron chi connectivity index (χ3n) is 2.67. The molecule has 1 N–H and O–H groups in total. The van der Waals surface area contributed by atoms with E-state index in [1.165, 1.54) is 11.3 Å². The first kappa shape index (κ1) is 11.3.